The van der Waals surface area contributed by atoms with E-state index in [-0.39, 0.29) is 30.5 Å². The van der Waals surface area contributed by atoms with Crippen LogP contribution >= 0.6 is 0 Å². The van der Waals surface area contributed by atoms with Crippen molar-refractivity contribution in [1.82, 2.24) is 4.90 Å². The van der Waals surface area contributed by atoms with Crippen LogP contribution in [0.25, 0.3) is 22.1 Å². The molecule has 0 aliphatic carbocycles. The summed E-state index contributed by atoms with van der Waals surface area (Å²) < 4.78 is 34.3. The molecule has 4 rings (SSSR count). The molecule has 31 heavy (non-hydrogen) atoms. The van der Waals surface area contributed by atoms with Gasteiger partial charge in [-0.2, -0.15) is 0 Å². The predicted octanol–water partition coefficient (Wildman–Crippen LogP) is 2.79. The van der Waals surface area contributed by atoms with Crippen molar-refractivity contribution < 1.29 is 22.4 Å². The molecule has 2 aromatic carbocycles. The summed E-state index contributed by atoms with van der Waals surface area (Å²) in [5.41, 5.74) is 2.65. The van der Waals surface area contributed by atoms with Crippen LogP contribution in [0.3, 0.4) is 0 Å². The smallest absolute Gasteiger partial charge is 0.336 e. The second-order valence-electron chi connectivity index (χ2n) is 7.69. The first-order chi connectivity index (χ1) is 14.7. The van der Waals surface area contributed by atoms with E-state index in [2.05, 4.69) is 0 Å². The molecule has 8 heteroatoms. The lowest BCUT2D eigenvalue weighted by atomic mass is 9.98. The fraction of sp³-hybridized carbons (Fsp3) is 0.304. The van der Waals surface area contributed by atoms with Gasteiger partial charge in [-0.3, -0.25) is 4.79 Å². The zero-order valence-corrected chi connectivity index (χ0v) is 18.1. The third kappa shape index (κ3) is 4.49. The molecule has 0 radical (unpaired) electrons. The minimum Gasteiger partial charge on any atom is -0.481 e. The number of fused-ring (bicyclic) bond motifs is 1. The minimum absolute atomic E-state index is 0.0335. The molecule has 0 spiro atoms. The number of hydrogen-bond acceptors (Lipinski definition) is 6. The number of hydrogen-bond donors (Lipinski definition) is 0. The van der Waals surface area contributed by atoms with Crippen LogP contribution in [0.1, 0.15) is 12.5 Å². The molecular weight excluding hydrogens is 418 g/mol. The number of ether oxygens (including phenoxy) is 1. The van der Waals surface area contributed by atoms with Crippen molar-refractivity contribution in [3.8, 4) is 16.9 Å². The number of benzene rings is 2. The molecule has 162 valence electrons. The number of carbonyl (C=O) groups excluding carboxylic acids is 1. The Balaban J connectivity index is 1.59. The Hall–Kier alpha value is -3.13. The maximum atomic E-state index is 12.6. The van der Waals surface area contributed by atoms with Crippen molar-refractivity contribution in [3.63, 3.8) is 0 Å². The quantitative estimate of drug-likeness (QED) is 0.578. The Labute approximate surface area is 180 Å². The van der Waals surface area contributed by atoms with Gasteiger partial charge in [-0.1, -0.05) is 24.3 Å². The summed E-state index contributed by atoms with van der Waals surface area (Å²) in [5.74, 6) is 0.0518. The topological polar surface area (TPSA) is 93.9 Å². The number of sulfone groups is 1. The van der Waals surface area contributed by atoms with Gasteiger partial charge in [0.05, 0.1) is 11.5 Å². The highest BCUT2D eigenvalue weighted by Crippen LogP contribution is 2.31. The van der Waals surface area contributed by atoms with Crippen LogP contribution in [0.5, 0.6) is 5.75 Å². The highest BCUT2D eigenvalue weighted by Gasteiger charge is 2.28. The van der Waals surface area contributed by atoms with E-state index in [9.17, 15) is 18.0 Å². The van der Waals surface area contributed by atoms with E-state index in [4.69, 9.17) is 9.15 Å². The predicted molar refractivity (Wildman–Crippen MR) is 118 cm³/mol. The zero-order valence-electron chi connectivity index (χ0n) is 17.3. The summed E-state index contributed by atoms with van der Waals surface area (Å²) in [5, 5.41) is 0.765. The van der Waals surface area contributed by atoms with E-state index >= 15 is 0 Å². The van der Waals surface area contributed by atoms with Crippen LogP contribution in [-0.2, 0) is 14.6 Å². The van der Waals surface area contributed by atoms with Gasteiger partial charge in [0.25, 0.3) is 5.91 Å². The molecule has 0 bridgehead atoms. The van der Waals surface area contributed by atoms with Crippen LogP contribution < -0.4 is 10.4 Å². The van der Waals surface area contributed by atoms with E-state index < -0.39 is 21.6 Å². The fourth-order valence-corrected chi connectivity index (χ4v) is 4.96. The van der Waals surface area contributed by atoms with Crippen molar-refractivity contribution in [2.75, 3.05) is 24.6 Å². The van der Waals surface area contributed by atoms with Crippen LogP contribution in [0.4, 0.5) is 0 Å². The lowest BCUT2D eigenvalue weighted by molar-refractivity contribution is -0.137. The van der Waals surface area contributed by atoms with Gasteiger partial charge in [-0.05, 0) is 37.1 Å². The first-order valence-corrected chi connectivity index (χ1v) is 11.9. The maximum absolute atomic E-state index is 12.6. The van der Waals surface area contributed by atoms with Crippen LogP contribution in [0.15, 0.2) is 57.7 Å². The average Bonchev–Trinajstić information content (AvgIpc) is 2.73. The molecule has 0 saturated carbocycles. The second-order valence-corrected chi connectivity index (χ2v) is 9.99. The Kier molecular flexibility index (Phi) is 5.58. The summed E-state index contributed by atoms with van der Waals surface area (Å²) in [7, 11) is -3.07. The van der Waals surface area contributed by atoms with Gasteiger partial charge in [0.1, 0.15) is 11.3 Å². The second kappa shape index (κ2) is 8.19. The van der Waals surface area contributed by atoms with E-state index in [0.717, 1.165) is 22.1 Å². The van der Waals surface area contributed by atoms with Crippen molar-refractivity contribution >= 4 is 26.7 Å². The molecule has 7 nitrogen and oxygen atoms in total. The molecule has 1 saturated heterocycles. The largest absolute Gasteiger partial charge is 0.481 e. The van der Waals surface area contributed by atoms with Crippen LogP contribution in [-0.4, -0.2) is 49.9 Å². The third-order valence-corrected chi connectivity index (χ3v) is 7.08. The summed E-state index contributed by atoms with van der Waals surface area (Å²) in [6.07, 6.45) is -0.801. The summed E-state index contributed by atoms with van der Waals surface area (Å²) in [6.45, 7) is 3.93. The number of nitrogens with zero attached hydrogens (tertiary/aromatic N) is 1. The molecule has 1 amide bonds. The number of rotatable bonds is 4. The van der Waals surface area contributed by atoms with E-state index in [1.807, 2.05) is 31.2 Å². The highest BCUT2D eigenvalue weighted by atomic mass is 32.2. The van der Waals surface area contributed by atoms with Gasteiger partial charge < -0.3 is 14.1 Å². The van der Waals surface area contributed by atoms with Gasteiger partial charge in [0.15, 0.2) is 15.9 Å². The van der Waals surface area contributed by atoms with Gasteiger partial charge in [0.2, 0.25) is 0 Å². The van der Waals surface area contributed by atoms with Crippen LogP contribution in [0.2, 0.25) is 0 Å². The van der Waals surface area contributed by atoms with Gasteiger partial charge in [0, 0.05) is 36.2 Å². The molecular formula is C23H23NO6S. The molecule has 1 aromatic heterocycles. The van der Waals surface area contributed by atoms with Crippen molar-refractivity contribution in [2.45, 2.75) is 20.0 Å². The van der Waals surface area contributed by atoms with Crippen molar-refractivity contribution in [2.24, 2.45) is 0 Å². The van der Waals surface area contributed by atoms with E-state index in [0.29, 0.717) is 11.3 Å². The lowest BCUT2D eigenvalue weighted by Gasteiger charge is -2.29. The normalized spacial score (nSPS) is 16.8. The van der Waals surface area contributed by atoms with Gasteiger partial charge >= 0.3 is 5.63 Å². The fourth-order valence-electron chi connectivity index (χ4n) is 3.76. The molecule has 2 heterocycles. The van der Waals surface area contributed by atoms with Gasteiger partial charge in [-0.25, -0.2) is 13.2 Å². The monoisotopic (exact) mass is 441 g/mol. The summed E-state index contributed by atoms with van der Waals surface area (Å²) in [6, 6.07) is 14.4. The molecule has 0 unspecified atom stereocenters. The number of amides is 1. The molecule has 0 N–H and O–H groups in total. The summed E-state index contributed by atoms with van der Waals surface area (Å²) in [4.78, 5) is 26.3. The molecule has 1 aliphatic heterocycles. The molecule has 1 fully saturated rings. The Morgan fingerprint density at radius 3 is 2.48 bits per heavy atom. The summed E-state index contributed by atoms with van der Waals surface area (Å²) >= 11 is 0. The number of aryl methyl sites for hydroxylation is 1. The Bertz CT molecular complexity index is 1300. The van der Waals surface area contributed by atoms with Crippen LogP contribution in [0, 0.1) is 6.92 Å². The molecule has 1 atom stereocenters. The van der Waals surface area contributed by atoms with E-state index in [1.54, 1.807) is 25.1 Å². The standard InChI is InChI=1S/C23H23NO6S/c1-15-5-3-4-6-18(15)20-14-22(25)30-21-13-17(7-8-19(20)21)29-16(2)23(26)24-9-11-31(27,28)12-10-24/h3-8,13-14,16H,9-12H2,1-2H3/t16-/m1/s1. The van der Waals surface area contributed by atoms with E-state index in [1.165, 1.54) is 11.0 Å². The number of carbonyl (C=O) groups is 1. The SMILES string of the molecule is Cc1ccccc1-c1cc(=O)oc2cc(O[C@H](C)C(=O)N3CCS(=O)(=O)CC3)ccc12. The first-order valence-electron chi connectivity index (χ1n) is 10.0. The maximum Gasteiger partial charge on any atom is 0.336 e. The van der Waals surface area contributed by atoms with Crippen molar-refractivity contribution in [1.29, 1.82) is 0 Å². The molecule has 1 aliphatic rings. The van der Waals surface area contributed by atoms with Crippen molar-refractivity contribution in [3.05, 3.63) is 64.5 Å². The average molecular weight is 442 g/mol. The lowest BCUT2D eigenvalue weighted by Crippen LogP contribution is -2.48. The Morgan fingerprint density at radius 1 is 1.06 bits per heavy atom. The third-order valence-electron chi connectivity index (χ3n) is 5.47. The minimum atomic E-state index is -3.07. The first kappa shape index (κ1) is 21.1. The Morgan fingerprint density at radius 2 is 1.77 bits per heavy atom. The van der Waals surface area contributed by atoms with Gasteiger partial charge in [-0.15, -0.1) is 0 Å². The molecule has 3 aromatic rings. The highest BCUT2D eigenvalue weighted by molar-refractivity contribution is 7.91. The zero-order chi connectivity index (χ0) is 22.2.